The van der Waals surface area contributed by atoms with Crippen LogP contribution in [0.25, 0.3) is 21.5 Å². The Balaban J connectivity index is 1.89. The third-order valence-corrected chi connectivity index (χ3v) is 9.07. The van der Waals surface area contributed by atoms with Gasteiger partial charge in [0.2, 0.25) is 0 Å². The molecule has 0 saturated carbocycles. The third-order valence-electron chi connectivity index (χ3n) is 5.35. The number of nitrogens with one attached hydrogen (secondary N) is 2. The Labute approximate surface area is 214 Å². The lowest BCUT2D eigenvalue weighted by Gasteiger charge is -2.14. The Morgan fingerprint density at radius 2 is 1.22 bits per heavy atom. The number of benzene rings is 4. The van der Waals surface area contributed by atoms with Gasteiger partial charge >= 0.3 is 0 Å². The molecule has 1 atom stereocenters. The molecule has 0 bridgehead atoms. The van der Waals surface area contributed by atoms with Crippen LogP contribution < -0.4 is 10.0 Å². The van der Waals surface area contributed by atoms with Gasteiger partial charge in [-0.25, -0.2) is 4.21 Å². The van der Waals surface area contributed by atoms with E-state index in [0.717, 1.165) is 28.6 Å². The van der Waals surface area contributed by atoms with Crippen molar-refractivity contribution in [3.8, 4) is 0 Å². The van der Waals surface area contributed by atoms with Gasteiger partial charge in [-0.1, -0.05) is 12.1 Å². The summed E-state index contributed by atoms with van der Waals surface area (Å²) in [5, 5.41) is 3.43. The van der Waals surface area contributed by atoms with Crippen molar-refractivity contribution >= 4 is 74.3 Å². The van der Waals surface area contributed by atoms with Gasteiger partial charge in [-0.15, -0.1) is 0 Å². The summed E-state index contributed by atoms with van der Waals surface area (Å²) >= 11 is 0. The first kappa shape index (κ1) is 26.9. The molecule has 5 N–H and O–H groups in total. The zero-order valence-corrected chi connectivity index (χ0v) is 21.9. The van der Waals surface area contributed by atoms with Gasteiger partial charge in [0.15, 0.2) is 0 Å². The van der Waals surface area contributed by atoms with Crippen molar-refractivity contribution in [2.75, 3.05) is 17.1 Å². The minimum Gasteiger partial charge on any atom is -0.388 e. The van der Waals surface area contributed by atoms with Crippen molar-refractivity contribution in [2.45, 2.75) is 19.6 Å². The molecular weight excluding hydrogens is 569 g/mol. The minimum atomic E-state index is -5.16. The maximum Gasteiger partial charge on any atom is 0.295 e. The van der Waals surface area contributed by atoms with Crippen molar-refractivity contribution in [3.63, 3.8) is 0 Å². The summed E-state index contributed by atoms with van der Waals surface area (Å²) in [6.45, 7) is 0. The molecule has 0 radical (unpaired) electrons. The van der Waals surface area contributed by atoms with Crippen LogP contribution in [-0.4, -0.2) is 50.2 Å². The molecule has 0 aliphatic rings. The summed E-state index contributed by atoms with van der Waals surface area (Å²) in [5.41, 5.74) is 0.619. The second kappa shape index (κ2) is 9.32. The fourth-order valence-corrected chi connectivity index (χ4v) is 6.59. The van der Waals surface area contributed by atoms with Crippen LogP contribution in [0.5, 0.6) is 0 Å². The highest BCUT2D eigenvalue weighted by atomic mass is 32.2. The van der Waals surface area contributed by atoms with E-state index >= 15 is 0 Å². The Morgan fingerprint density at radius 3 is 1.81 bits per heavy atom. The van der Waals surface area contributed by atoms with Crippen LogP contribution in [0.1, 0.15) is 0 Å². The molecule has 4 aromatic rings. The molecule has 0 heterocycles. The summed E-state index contributed by atoms with van der Waals surface area (Å²) in [4.78, 5) is -2.80. The van der Waals surface area contributed by atoms with Gasteiger partial charge in [0.05, 0.1) is 9.79 Å². The Bertz CT molecular complexity index is 1940. The van der Waals surface area contributed by atoms with Gasteiger partial charge in [0.25, 0.3) is 30.4 Å². The summed E-state index contributed by atoms with van der Waals surface area (Å²) in [6, 6.07) is 13.2. The molecule has 0 fully saturated rings. The molecule has 0 aromatic heterocycles. The second-order valence-corrected chi connectivity index (χ2v) is 13.2. The number of rotatable bonds is 7. The Hall–Kier alpha value is -3.12. The second-order valence-electron chi connectivity index (χ2n) is 7.76. The lowest BCUT2D eigenvalue weighted by Crippen LogP contribution is -2.09. The topological polar surface area (TPSA) is 204 Å². The SMILES string of the molecule is CNc1ccc2cc(S(=O)Nc3cc(S(=O)(=O)O)c4cc(S(=O)(=O)O)cc(S(=O)(=O)O)c4c3)ccc2c1. The highest BCUT2D eigenvalue weighted by Crippen LogP contribution is 2.35. The normalized spacial score (nSPS) is 13.5. The van der Waals surface area contributed by atoms with Gasteiger partial charge in [-0.2, -0.15) is 25.3 Å². The van der Waals surface area contributed by atoms with Gasteiger partial charge < -0.3 is 10.0 Å². The largest absolute Gasteiger partial charge is 0.388 e. The first-order valence-corrected chi connectivity index (χ1v) is 15.5. The summed E-state index contributed by atoms with van der Waals surface area (Å²) in [6.07, 6.45) is 0. The Kier molecular flexibility index (Phi) is 6.78. The fraction of sp³-hybridized carbons (Fsp3) is 0.0476. The molecule has 4 aromatic carbocycles. The molecule has 196 valence electrons. The smallest absolute Gasteiger partial charge is 0.295 e. The van der Waals surface area contributed by atoms with Crippen molar-refractivity contribution < 1.29 is 43.1 Å². The Morgan fingerprint density at radius 1 is 0.649 bits per heavy atom. The molecule has 0 spiro atoms. The molecule has 12 nitrogen and oxygen atoms in total. The van der Waals surface area contributed by atoms with E-state index in [4.69, 9.17) is 0 Å². The van der Waals surface area contributed by atoms with Crippen LogP contribution in [0.2, 0.25) is 0 Å². The highest BCUT2D eigenvalue weighted by molar-refractivity contribution is 7.87. The van der Waals surface area contributed by atoms with Gasteiger partial charge in [-0.05, 0) is 59.3 Å². The summed E-state index contributed by atoms with van der Waals surface area (Å²) in [5.74, 6) is 0. The molecule has 16 heteroatoms. The average Bonchev–Trinajstić information content (AvgIpc) is 2.80. The minimum absolute atomic E-state index is 0.242. The zero-order valence-electron chi connectivity index (χ0n) is 18.6. The number of hydrogen-bond donors (Lipinski definition) is 5. The molecule has 0 saturated heterocycles. The van der Waals surface area contributed by atoms with Gasteiger partial charge in [0.1, 0.15) is 20.8 Å². The van der Waals surface area contributed by atoms with Crippen molar-refractivity contribution in [2.24, 2.45) is 0 Å². The van der Waals surface area contributed by atoms with Crippen LogP contribution in [0.4, 0.5) is 11.4 Å². The average molecular weight is 587 g/mol. The van der Waals surface area contributed by atoms with E-state index in [2.05, 4.69) is 10.0 Å². The lowest BCUT2D eigenvalue weighted by atomic mass is 10.1. The highest BCUT2D eigenvalue weighted by Gasteiger charge is 2.25. The van der Waals surface area contributed by atoms with Crippen molar-refractivity contribution in [1.29, 1.82) is 0 Å². The zero-order chi connectivity index (χ0) is 27.3. The van der Waals surface area contributed by atoms with E-state index in [-0.39, 0.29) is 10.6 Å². The van der Waals surface area contributed by atoms with E-state index in [1.807, 2.05) is 12.1 Å². The summed E-state index contributed by atoms with van der Waals surface area (Å²) < 4.78 is 116. The quantitative estimate of drug-likeness (QED) is 0.199. The monoisotopic (exact) mass is 586 g/mol. The van der Waals surface area contributed by atoms with Crippen LogP contribution in [0, 0.1) is 0 Å². The van der Waals surface area contributed by atoms with Gasteiger partial charge in [-0.3, -0.25) is 13.7 Å². The predicted octanol–water partition coefficient (Wildman–Crippen LogP) is 2.91. The van der Waals surface area contributed by atoms with E-state index in [9.17, 15) is 43.1 Å². The van der Waals surface area contributed by atoms with Crippen LogP contribution >= 0.6 is 0 Å². The van der Waals surface area contributed by atoms with Crippen LogP contribution in [0.3, 0.4) is 0 Å². The first-order chi connectivity index (χ1) is 17.1. The molecule has 0 aliphatic carbocycles. The van der Waals surface area contributed by atoms with Crippen LogP contribution in [-0.2, 0) is 41.3 Å². The molecule has 1 unspecified atom stereocenters. The van der Waals surface area contributed by atoms with Crippen LogP contribution in [0.15, 0.2) is 80.2 Å². The van der Waals surface area contributed by atoms with Crippen molar-refractivity contribution in [3.05, 3.63) is 60.7 Å². The summed E-state index contributed by atoms with van der Waals surface area (Å²) in [7, 11) is -15.6. The van der Waals surface area contributed by atoms with Gasteiger partial charge in [0, 0.05) is 29.2 Å². The maximum absolute atomic E-state index is 13.0. The lowest BCUT2D eigenvalue weighted by molar-refractivity contribution is 0.478. The standard InChI is InChI=1S/C21H18N2O10S4/c1-22-14-4-2-13-7-16(5-3-12(13)6-14)34(24)23-15-8-18-19(20(9-15)36(28,29)30)10-17(35(25,26)27)11-21(18)37(31,32)33/h2-11,22-23H,1H3,(H,25,26,27)(H,28,29,30)(H,31,32,33). The molecule has 37 heavy (non-hydrogen) atoms. The molecule has 0 aliphatic heterocycles. The van der Waals surface area contributed by atoms with E-state index in [0.29, 0.717) is 12.1 Å². The molecule has 0 amide bonds. The number of anilines is 2. The van der Waals surface area contributed by atoms with Crippen molar-refractivity contribution in [1.82, 2.24) is 0 Å². The molecular formula is C21H18N2O10S4. The number of hydrogen-bond acceptors (Lipinski definition) is 8. The maximum atomic E-state index is 13.0. The molecule has 4 rings (SSSR count). The van der Waals surface area contributed by atoms with E-state index < -0.39 is 66.8 Å². The third kappa shape index (κ3) is 5.59. The van der Waals surface area contributed by atoms with E-state index in [1.165, 1.54) is 0 Å². The fourth-order valence-electron chi connectivity index (χ4n) is 3.67. The van der Waals surface area contributed by atoms with E-state index in [1.54, 1.807) is 31.3 Å². The first-order valence-electron chi connectivity index (χ1n) is 10.0. The number of fused-ring (bicyclic) bond motifs is 2. The predicted molar refractivity (Wildman–Crippen MR) is 137 cm³/mol.